The first kappa shape index (κ1) is 25.2. The Hall–Kier alpha value is -3.95. The molecule has 0 saturated carbocycles. The van der Waals surface area contributed by atoms with Crippen LogP contribution in [-0.4, -0.2) is 28.0 Å². The third kappa shape index (κ3) is 6.80. The number of nitrogens with one attached hydrogen (secondary N) is 2. The van der Waals surface area contributed by atoms with Crippen molar-refractivity contribution in [2.75, 3.05) is 23.8 Å². The Morgan fingerprint density at radius 1 is 0.806 bits per heavy atom. The molecule has 4 rings (SSSR count). The summed E-state index contributed by atoms with van der Waals surface area (Å²) in [4.78, 5) is 14.6. The number of methoxy groups -OCH3 is 1. The van der Waals surface area contributed by atoms with Crippen molar-refractivity contribution in [3.05, 3.63) is 103 Å². The van der Waals surface area contributed by atoms with Crippen LogP contribution in [0, 0.1) is 0 Å². The third-order valence-electron chi connectivity index (χ3n) is 4.98. The molecule has 1 amide bonds. The van der Waals surface area contributed by atoms with Gasteiger partial charge in [0.15, 0.2) is 6.61 Å². The van der Waals surface area contributed by atoms with Gasteiger partial charge in [0.2, 0.25) is 0 Å². The number of para-hydroxylation sites is 1. The average Bonchev–Trinajstić information content (AvgIpc) is 2.90. The maximum Gasteiger partial charge on any atom is 0.262 e. The van der Waals surface area contributed by atoms with Crippen LogP contribution >= 0.6 is 11.8 Å². The van der Waals surface area contributed by atoms with Crippen LogP contribution in [0.5, 0.6) is 11.5 Å². The summed E-state index contributed by atoms with van der Waals surface area (Å²) >= 11 is 1.55. The second-order valence-corrected chi connectivity index (χ2v) is 10.4. The van der Waals surface area contributed by atoms with E-state index in [4.69, 9.17) is 9.47 Å². The van der Waals surface area contributed by atoms with Gasteiger partial charge in [0.25, 0.3) is 15.9 Å². The molecule has 0 aliphatic rings. The Labute approximate surface area is 214 Å². The zero-order chi connectivity index (χ0) is 25.4. The molecule has 0 fully saturated rings. The largest absolute Gasteiger partial charge is 0.497 e. The molecule has 4 aromatic carbocycles. The molecule has 0 aliphatic carbocycles. The molecule has 0 heterocycles. The van der Waals surface area contributed by atoms with E-state index in [1.807, 2.05) is 54.6 Å². The van der Waals surface area contributed by atoms with Crippen molar-refractivity contribution < 1.29 is 22.7 Å². The van der Waals surface area contributed by atoms with Gasteiger partial charge >= 0.3 is 0 Å². The average molecular weight is 521 g/mol. The van der Waals surface area contributed by atoms with Crippen LogP contribution in [0.2, 0.25) is 0 Å². The molecule has 9 heteroatoms. The summed E-state index contributed by atoms with van der Waals surface area (Å²) < 4.78 is 38.5. The van der Waals surface area contributed by atoms with Gasteiger partial charge in [-0.2, -0.15) is 0 Å². The lowest BCUT2D eigenvalue weighted by Crippen LogP contribution is -2.20. The lowest BCUT2D eigenvalue weighted by molar-refractivity contribution is -0.118. The van der Waals surface area contributed by atoms with Crippen LogP contribution in [0.1, 0.15) is 0 Å². The molecular formula is C27H24N2O5S2. The number of rotatable bonds is 10. The Morgan fingerprint density at radius 2 is 1.44 bits per heavy atom. The number of amides is 1. The second kappa shape index (κ2) is 11.7. The molecule has 4 aromatic rings. The van der Waals surface area contributed by atoms with Gasteiger partial charge in [-0.3, -0.25) is 9.52 Å². The van der Waals surface area contributed by atoms with Crippen LogP contribution < -0.4 is 19.5 Å². The number of ether oxygens (including phenoxy) is 2. The number of sulfonamides is 1. The number of carbonyl (C=O) groups excluding carboxylic acids is 1. The smallest absolute Gasteiger partial charge is 0.262 e. The van der Waals surface area contributed by atoms with Crippen LogP contribution in [0.3, 0.4) is 0 Å². The molecule has 0 bridgehead atoms. The van der Waals surface area contributed by atoms with Crippen molar-refractivity contribution in [1.29, 1.82) is 0 Å². The van der Waals surface area contributed by atoms with Gasteiger partial charge in [0, 0.05) is 15.5 Å². The fourth-order valence-corrected chi connectivity index (χ4v) is 5.18. The highest BCUT2D eigenvalue weighted by atomic mass is 32.2. The van der Waals surface area contributed by atoms with Gasteiger partial charge in [-0.25, -0.2) is 8.42 Å². The predicted octanol–water partition coefficient (Wildman–Crippen LogP) is 5.66. The minimum Gasteiger partial charge on any atom is -0.497 e. The molecule has 0 radical (unpaired) electrons. The number of benzene rings is 4. The molecule has 0 atom stereocenters. The SMILES string of the molecule is COc1ccc(NS(=O)(=O)c2ccc(OCC(=O)Nc3ccccc3Sc3ccccc3)cc2)cc1. The van der Waals surface area contributed by atoms with Crippen molar-refractivity contribution in [2.24, 2.45) is 0 Å². The number of hydrogen-bond donors (Lipinski definition) is 2. The monoisotopic (exact) mass is 520 g/mol. The van der Waals surface area contributed by atoms with E-state index >= 15 is 0 Å². The highest BCUT2D eigenvalue weighted by Crippen LogP contribution is 2.33. The zero-order valence-electron chi connectivity index (χ0n) is 19.4. The highest BCUT2D eigenvalue weighted by molar-refractivity contribution is 7.99. The number of hydrogen-bond acceptors (Lipinski definition) is 6. The first-order chi connectivity index (χ1) is 17.4. The summed E-state index contributed by atoms with van der Waals surface area (Å²) in [6.07, 6.45) is 0. The van der Waals surface area contributed by atoms with Gasteiger partial charge in [0.1, 0.15) is 11.5 Å². The van der Waals surface area contributed by atoms with Crippen molar-refractivity contribution in [1.82, 2.24) is 0 Å². The fraction of sp³-hybridized carbons (Fsp3) is 0.0741. The molecule has 0 aliphatic heterocycles. The molecule has 36 heavy (non-hydrogen) atoms. The van der Waals surface area contributed by atoms with E-state index in [0.717, 1.165) is 9.79 Å². The fourth-order valence-electron chi connectivity index (χ4n) is 3.20. The molecule has 0 aromatic heterocycles. The summed E-state index contributed by atoms with van der Waals surface area (Å²) in [7, 11) is -2.24. The number of anilines is 2. The zero-order valence-corrected chi connectivity index (χ0v) is 21.0. The van der Waals surface area contributed by atoms with Crippen molar-refractivity contribution in [3.8, 4) is 11.5 Å². The standard InChI is InChI=1S/C27H24N2O5S2/c1-33-21-13-11-20(12-14-21)29-36(31,32)24-17-15-22(16-18-24)34-19-27(30)28-25-9-5-6-10-26(25)35-23-7-3-2-4-8-23/h2-18,29H,19H2,1H3,(H,28,30). The van der Waals surface area contributed by atoms with E-state index < -0.39 is 10.0 Å². The molecule has 2 N–H and O–H groups in total. The van der Waals surface area contributed by atoms with Gasteiger partial charge in [-0.15, -0.1) is 0 Å². The Balaban J connectivity index is 1.33. The van der Waals surface area contributed by atoms with Crippen LogP contribution in [0.15, 0.2) is 118 Å². The van der Waals surface area contributed by atoms with E-state index in [2.05, 4.69) is 10.0 Å². The third-order valence-corrected chi connectivity index (χ3v) is 7.46. The highest BCUT2D eigenvalue weighted by Gasteiger charge is 2.15. The Morgan fingerprint density at radius 3 is 2.14 bits per heavy atom. The maximum absolute atomic E-state index is 12.7. The first-order valence-corrected chi connectivity index (χ1v) is 13.2. The van der Waals surface area contributed by atoms with E-state index in [0.29, 0.717) is 22.9 Å². The minimum atomic E-state index is -3.78. The predicted molar refractivity (Wildman–Crippen MR) is 141 cm³/mol. The first-order valence-electron chi connectivity index (χ1n) is 10.9. The van der Waals surface area contributed by atoms with E-state index in [1.54, 1.807) is 36.0 Å². The summed E-state index contributed by atoms with van der Waals surface area (Å²) in [5.41, 5.74) is 1.10. The van der Waals surface area contributed by atoms with Crippen molar-refractivity contribution in [3.63, 3.8) is 0 Å². The molecule has 184 valence electrons. The van der Waals surface area contributed by atoms with E-state index in [1.165, 1.54) is 31.4 Å². The van der Waals surface area contributed by atoms with Crippen LogP contribution in [-0.2, 0) is 14.8 Å². The van der Waals surface area contributed by atoms with Gasteiger partial charge in [-0.05, 0) is 72.8 Å². The molecule has 7 nitrogen and oxygen atoms in total. The summed E-state index contributed by atoms with van der Waals surface area (Å²) in [5.74, 6) is 0.677. The van der Waals surface area contributed by atoms with Gasteiger partial charge in [-0.1, -0.05) is 42.1 Å². The topological polar surface area (TPSA) is 93.7 Å². The molecule has 0 saturated heterocycles. The van der Waals surface area contributed by atoms with E-state index in [9.17, 15) is 13.2 Å². The molecule has 0 unspecified atom stereocenters. The molecular weight excluding hydrogens is 496 g/mol. The quantitative estimate of drug-likeness (QED) is 0.280. The van der Waals surface area contributed by atoms with Crippen LogP contribution in [0.4, 0.5) is 11.4 Å². The van der Waals surface area contributed by atoms with Crippen molar-refractivity contribution >= 4 is 39.1 Å². The summed E-state index contributed by atoms with van der Waals surface area (Å²) in [5, 5.41) is 2.87. The Kier molecular flexibility index (Phi) is 8.14. The lowest BCUT2D eigenvalue weighted by atomic mass is 10.3. The van der Waals surface area contributed by atoms with Crippen molar-refractivity contribution in [2.45, 2.75) is 14.7 Å². The van der Waals surface area contributed by atoms with Crippen LogP contribution in [0.25, 0.3) is 0 Å². The van der Waals surface area contributed by atoms with Gasteiger partial charge in [0.05, 0.1) is 17.7 Å². The van der Waals surface area contributed by atoms with E-state index in [-0.39, 0.29) is 17.4 Å². The summed E-state index contributed by atoms with van der Waals surface area (Å²) in [6.45, 7) is -0.222. The lowest BCUT2D eigenvalue weighted by Gasteiger charge is -2.12. The summed E-state index contributed by atoms with van der Waals surface area (Å²) in [6, 6.07) is 29.8. The minimum absolute atomic E-state index is 0.0713. The molecule has 0 spiro atoms. The maximum atomic E-state index is 12.7. The Bertz CT molecular complexity index is 1410. The van der Waals surface area contributed by atoms with Gasteiger partial charge < -0.3 is 14.8 Å². The second-order valence-electron chi connectivity index (χ2n) is 7.55. The number of carbonyl (C=O) groups is 1. The normalized spacial score (nSPS) is 10.9.